The van der Waals surface area contributed by atoms with E-state index in [4.69, 9.17) is 4.74 Å². The van der Waals surface area contributed by atoms with Gasteiger partial charge in [0.15, 0.2) is 0 Å². The highest BCUT2D eigenvalue weighted by molar-refractivity contribution is 5.32. The summed E-state index contributed by atoms with van der Waals surface area (Å²) in [5.41, 5.74) is 0.986. The van der Waals surface area contributed by atoms with Crippen LogP contribution in [0, 0.1) is 12.7 Å². The Bertz CT molecular complexity index is 358. The van der Waals surface area contributed by atoms with E-state index in [9.17, 15) is 4.39 Å². The third-order valence-corrected chi connectivity index (χ3v) is 2.37. The molecular weight excluding hydrogens is 217 g/mol. The molecule has 0 heterocycles. The quantitative estimate of drug-likeness (QED) is 0.796. The van der Waals surface area contributed by atoms with Crippen LogP contribution in [0.5, 0.6) is 5.75 Å². The maximum absolute atomic E-state index is 12.9. The number of ether oxygens (including phenoxy) is 1. The molecule has 1 aromatic carbocycles. The Labute approximate surface area is 103 Å². The molecule has 1 N–H and O–H groups in total. The van der Waals surface area contributed by atoms with E-state index in [-0.39, 0.29) is 11.4 Å². The Kier molecular flexibility index (Phi) is 4.94. The zero-order valence-electron chi connectivity index (χ0n) is 11.1. The first-order valence-electron chi connectivity index (χ1n) is 6.02. The van der Waals surface area contributed by atoms with Gasteiger partial charge in [-0.15, -0.1) is 0 Å². The van der Waals surface area contributed by atoms with E-state index in [0.29, 0.717) is 6.61 Å². The zero-order chi connectivity index (χ0) is 12.9. The molecule has 0 atom stereocenters. The summed E-state index contributed by atoms with van der Waals surface area (Å²) in [4.78, 5) is 0. The SMILES string of the molecule is Cc1cc(F)ccc1OCCCNC(C)(C)C. The lowest BCUT2D eigenvalue weighted by atomic mass is 10.1. The van der Waals surface area contributed by atoms with Gasteiger partial charge < -0.3 is 10.1 Å². The molecule has 3 heteroatoms. The maximum Gasteiger partial charge on any atom is 0.123 e. The van der Waals surface area contributed by atoms with Gasteiger partial charge in [0, 0.05) is 5.54 Å². The van der Waals surface area contributed by atoms with Crippen LogP contribution >= 0.6 is 0 Å². The number of hydrogen-bond donors (Lipinski definition) is 1. The number of aryl methyl sites for hydroxylation is 1. The smallest absolute Gasteiger partial charge is 0.123 e. The van der Waals surface area contributed by atoms with Crippen LogP contribution in [0.3, 0.4) is 0 Å². The molecule has 0 saturated carbocycles. The number of hydrogen-bond acceptors (Lipinski definition) is 2. The minimum absolute atomic E-state index is 0.145. The van der Waals surface area contributed by atoms with E-state index in [1.165, 1.54) is 12.1 Å². The van der Waals surface area contributed by atoms with Gasteiger partial charge in [-0.3, -0.25) is 0 Å². The van der Waals surface area contributed by atoms with Crippen LogP contribution in [0.2, 0.25) is 0 Å². The van der Waals surface area contributed by atoms with Crippen molar-refractivity contribution in [2.24, 2.45) is 0 Å². The largest absolute Gasteiger partial charge is 0.493 e. The first-order valence-corrected chi connectivity index (χ1v) is 6.02. The first-order chi connectivity index (χ1) is 7.88. The van der Waals surface area contributed by atoms with Crippen molar-refractivity contribution in [3.8, 4) is 5.75 Å². The molecule has 0 spiro atoms. The van der Waals surface area contributed by atoms with Crippen molar-refractivity contribution in [1.82, 2.24) is 5.32 Å². The van der Waals surface area contributed by atoms with E-state index in [2.05, 4.69) is 26.1 Å². The van der Waals surface area contributed by atoms with Crippen LogP contribution in [0.25, 0.3) is 0 Å². The highest BCUT2D eigenvalue weighted by atomic mass is 19.1. The summed E-state index contributed by atoms with van der Waals surface area (Å²) in [6, 6.07) is 4.60. The number of benzene rings is 1. The normalized spacial score (nSPS) is 11.6. The summed E-state index contributed by atoms with van der Waals surface area (Å²) in [7, 11) is 0. The average Bonchev–Trinajstić information content (AvgIpc) is 2.18. The van der Waals surface area contributed by atoms with Crippen LogP contribution in [0.1, 0.15) is 32.8 Å². The maximum atomic E-state index is 12.9. The molecule has 0 amide bonds. The van der Waals surface area contributed by atoms with Crippen molar-refractivity contribution in [1.29, 1.82) is 0 Å². The van der Waals surface area contributed by atoms with Crippen LogP contribution in [-0.4, -0.2) is 18.7 Å². The Morgan fingerprint density at radius 2 is 2.00 bits per heavy atom. The number of halogens is 1. The predicted molar refractivity (Wildman–Crippen MR) is 69.0 cm³/mol. The summed E-state index contributed by atoms with van der Waals surface area (Å²) in [5.74, 6) is 0.548. The molecule has 0 unspecified atom stereocenters. The molecule has 2 nitrogen and oxygen atoms in total. The Balaban J connectivity index is 2.27. The van der Waals surface area contributed by atoms with Crippen molar-refractivity contribution in [3.05, 3.63) is 29.6 Å². The fraction of sp³-hybridized carbons (Fsp3) is 0.571. The van der Waals surface area contributed by atoms with Gasteiger partial charge in [-0.2, -0.15) is 0 Å². The summed E-state index contributed by atoms with van der Waals surface area (Å²) in [5, 5.41) is 3.39. The summed E-state index contributed by atoms with van der Waals surface area (Å²) in [6.07, 6.45) is 0.939. The van der Waals surface area contributed by atoms with E-state index in [1.807, 2.05) is 6.92 Å². The van der Waals surface area contributed by atoms with Gasteiger partial charge >= 0.3 is 0 Å². The minimum atomic E-state index is -0.218. The molecule has 17 heavy (non-hydrogen) atoms. The van der Waals surface area contributed by atoms with Crippen molar-refractivity contribution in [2.75, 3.05) is 13.2 Å². The van der Waals surface area contributed by atoms with Gasteiger partial charge in [-0.05, 0) is 64.4 Å². The molecule has 0 saturated heterocycles. The highest BCUT2D eigenvalue weighted by Gasteiger charge is 2.07. The van der Waals surface area contributed by atoms with E-state index < -0.39 is 0 Å². The van der Waals surface area contributed by atoms with Crippen LogP contribution in [0.4, 0.5) is 4.39 Å². The van der Waals surface area contributed by atoms with Gasteiger partial charge in [0.2, 0.25) is 0 Å². The van der Waals surface area contributed by atoms with Gasteiger partial charge in [0.1, 0.15) is 11.6 Å². The van der Waals surface area contributed by atoms with Crippen molar-refractivity contribution in [2.45, 2.75) is 39.7 Å². The Morgan fingerprint density at radius 1 is 1.29 bits per heavy atom. The first kappa shape index (κ1) is 14.0. The lowest BCUT2D eigenvalue weighted by Gasteiger charge is -2.20. The molecule has 0 aromatic heterocycles. The summed E-state index contributed by atoms with van der Waals surface area (Å²) >= 11 is 0. The number of rotatable bonds is 5. The molecule has 0 radical (unpaired) electrons. The summed E-state index contributed by atoms with van der Waals surface area (Å²) in [6.45, 7) is 9.83. The number of nitrogens with one attached hydrogen (secondary N) is 1. The Morgan fingerprint density at radius 3 is 2.59 bits per heavy atom. The van der Waals surface area contributed by atoms with Gasteiger partial charge in [-0.25, -0.2) is 4.39 Å². The van der Waals surface area contributed by atoms with E-state index in [0.717, 1.165) is 24.3 Å². The van der Waals surface area contributed by atoms with Crippen LogP contribution < -0.4 is 10.1 Å². The monoisotopic (exact) mass is 239 g/mol. The Hall–Kier alpha value is -1.09. The molecule has 0 aliphatic rings. The molecular formula is C14H22FNO. The molecule has 1 rings (SSSR count). The van der Waals surface area contributed by atoms with E-state index in [1.54, 1.807) is 6.07 Å². The average molecular weight is 239 g/mol. The van der Waals surface area contributed by atoms with Crippen molar-refractivity contribution in [3.63, 3.8) is 0 Å². The lowest BCUT2D eigenvalue weighted by Crippen LogP contribution is -2.36. The van der Waals surface area contributed by atoms with Crippen LogP contribution in [0.15, 0.2) is 18.2 Å². The van der Waals surface area contributed by atoms with Crippen LogP contribution in [-0.2, 0) is 0 Å². The second kappa shape index (κ2) is 6.01. The predicted octanol–water partition coefficient (Wildman–Crippen LogP) is 3.29. The molecule has 0 bridgehead atoms. The lowest BCUT2D eigenvalue weighted by molar-refractivity contribution is 0.296. The highest BCUT2D eigenvalue weighted by Crippen LogP contribution is 2.18. The molecule has 0 aliphatic carbocycles. The fourth-order valence-electron chi connectivity index (χ4n) is 1.49. The second-order valence-corrected chi connectivity index (χ2v) is 5.29. The molecule has 96 valence electrons. The van der Waals surface area contributed by atoms with Gasteiger partial charge in [0.25, 0.3) is 0 Å². The third kappa shape index (κ3) is 5.68. The van der Waals surface area contributed by atoms with Crippen molar-refractivity contribution >= 4 is 0 Å². The molecule has 0 fully saturated rings. The third-order valence-electron chi connectivity index (χ3n) is 2.37. The topological polar surface area (TPSA) is 21.3 Å². The zero-order valence-corrected chi connectivity index (χ0v) is 11.1. The second-order valence-electron chi connectivity index (χ2n) is 5.29. The van der Waals surface area contributed by atoms with Crippen molar-refractivity contribution < 1.29 is 9.13 Å². The molecule has 1 aromatic rings. The fourth-order valence-corrected chi connectivity index (χ4v) is 1.49. The van der Waals surface area contributed by atoms with Gasteiger partial charge in [-0.1, -0.05) is 0 Å². The standard InChI is InChI=1S/C14H22FNO/c1-11-10-12(15)6-7-13(11)17-9-5-8-16-14(2,3)4/h6-7,10,16H,5,8-9H2,1-4H3. The molecule has 0 aliphatic heterocycles. The van der Waals surface area contributed by atoms with E-state index >= 15 is 0 Å². The van der Waals surface area contributed by atoms with Gasteiger partial charge in [0.05, 0.1) is 6.61 Å². The summed E-state index contributed by atoms with van der Waals surface area (Å²) < 4.78 is 18.5. The minimum Gasteiger partial charge on any atom is -0.493 e.